The van der Waals surface area contributed by atoms with Crippen LogP contribution in [0.25, 0.3) is 0 Å². The first kappa shape index (κ1) is 13.5. The first-order chi connectivity index (χ1) is 7.01. The highest BCUT2D eigenvalue weighted by molar-refractivity contribution is 6.76. The van der Waals surface area contributed by atoms with Gasteiger partial charge in [-0.15, -0.1) is 11.6 Å². The van der Waals surface area contributed by atoms with Crippen LogP contribution in [0.15, 0.2) is 0 Å². The van der Waals surface area contributed by atoms with E-state index < -0.39 is 8.07 Å². The Morgan fingerprint density at radius 3 is 2.73 bits per heavy atom. The van der Waals surface area contributed by atoms with E-state index in [1.54, 1.807) is 0 Å². The molecule has 0 radical (unpaired) electrons. The van der Waals surface area contributed by atoms with E-state index in [2.05, 4.69) is 24.5 Å². The zero-order chi connectivity index (χ0) is 11.3. The van der Waals surface area contributed by atoms with Gasteiger partial charge in [0.05, 0.1) is 12.7 Å². The first-order valence-corrected chi connectivity index (χ1v) is 10.2. The third kappa shape index (κ3) is 5.90. The molecule has 1 unspecified atom stereocenters. The van der Waals surface area contributed by atoms with E-state index >= 15 is 0 Å². The summed E-state index contributed by atoms with van der Waals surface area (Å²) in [6.45, 7) is 11.3. The van der Waals surface area contributed by atoms with Crippen LogP contribution in [-0.2, 0) is 4.74 Å². The van der Waals surface area contributed by atoms with Crippen LogP contribution >= 0.6 is 11.6 Å². The molecule has 4 heteroatoms. The molecule has 1 heterocycles. The van der Waals surface area contributed by atoms with Crippen LogP contribution in [0.2, 0.25) is 25.7 Å². The molecule has 90 valence electrons. The van der Waals surface area contributed by atoms with Crippen LogP contribution in [0, 0.1) is 0 Å². The Balaban J connectivity index is 2.24. The number of halogens is 1. The predicted octanol–water partition coefficient (Wildman–Crippen LogP) is 2.65. The molecule has 0 bridgehead atoms. The van der Waals surface area contributed by atoms with Crippen LogP contribution < -0.4 is 0 Å². The van der Waals surface area contributed by atoms with Gasteiger partial charge in [-0.05, 0) is 6.42 Å². The minimum atomic E-state index is -0.906. The number of nitrogens with zero attached hydrogens (tertiary/aromatic N) is 1. The van der Waals surface area contributed by atoms with Crippen molar-refractivity contribution in [3.8, 4) is 0 Å². The lowest BCUT2D eigenvalue weighted by atomic mass is 10.2. The van der Waals surface area contributed by atoms with Gasteiger partial charge in [-0.3, -0.25) is 4.90 Å². The lowest BCUT2D eigenvalue weighted by Crippen LogP contribution is -2.43. The maximum absolute atomic E-state index is 5.79. The highest BCUT2D eigenvalue weighted by Gasteiger charge is 2.22. The van der Waals surface area contributed by atoms with E-state index in [4.69, 9.17) is 16.3 Å². The Bertz CT molecular complexity index is 182. The number of hydrogen-bond donors (Lipinski definition) is 0. The van der Waals surface area contributed by atoms with Crippen molar-refractivity contribution in [3.63, 3.8) is 0 Å². The Kier molecular flexibility index (Phi) is 5.61. The van der Waals surface area contributed by atoms with Gasteiger partial charge in [-0.25, -0.2) is 0 Å². The van der Waals surface area contributed by atoms with Crippen molar-refractivity contribution in [1.82, 2.24) is 4.90 Å². The second-order valence-corrected chi connectivity index (χ2v) is 11.6. The van der Waals surface area contributed by atoms with Crippen molar-refractivity contribution in [1.29, 1.82) is 0 Å². The average Bonchev–Trinajstić information content (AvgIpc) is 2.15. The molecule has 1 rings (SSSR count). The van der Waals surface area contributed by atoms with Gasteiger partial charge in [-0.2, -0.15) is 0 Å². The lowest BCUT2D eigenvalue weighted by Gasteiger charge is -2.33. The van der Waals surface area contributed by atoms with Gasteiger partial charge in [0.2, 0.25) is 0 Å². The third-order valence-electron chi connectivity index (χ3n) is 2.84. The van der Waals surface area contributed by atoms with Crippen LogP contribution in [0.4, 0.5) is 0 Å². The van der Waals surface area contributed by atoms with Crippen molar-refractivity contribution >= 4 is 19.7 Å². The van der Waals surface area contributed by atoms with Crippen molar-refractivity contribution in [3.05, 3.63) is 0 Å². The Hall–Kier alpha value is 0.427. The van der Waals surface area contributed by atoms with Crippen molar-refractivity contribution in [2.75, 3.05) is 32.1 Å². The fourth-order valence-corrected chi connectivity index (χ4v) is 3.30. The van der Waals surface area contributed by atoms with Gasteiger partial charge in [0.15, 0.2) is 0 Å². The SMILES string of the molecule is C[Si](C)(C)CCC1CN(CCCl)CCO1. The molecule has 0 amide bonds. The molecule has 1 atom stereocenters. The fourth-order valence-electron chi connectivity index (χ4n) is 1.87. The fraction of sp³-hybridized carbons (Fsp3) is 1.00. The van der Waals surface area contributed by atoms with E-state index in [9.17, 15) is 0 Å². The molecule has 0 aliphatic carbocycles. The van der Waals surface area contributed by atoms with E-state index in [0.29, 0.717) is 6.10 Å². The smallest absolute Gasteiger partial charge is 0.0700 e. The van der Waals surface area contributed by atoms with E-state index in [-0.39, 0.29) is 0 Å². The number of rotatable bonds is 5. The van der Waals surface area contributed by atoms with Crippen LogP contribution in [0.1, 0.15) is 6.42 Å². The summed E-state index contributed by atoms with van der Waals surface area (Å²) >= 11 is 5.76. The molecule has 0 aromatic heterocycles. The highest BCUT2D eigenvalue weighted by Crippen LogP contribution is 2.17. The average molecular weight is 250 g/mol. The van der Waals surface area contributed by atoms with Crippen LogP contribution in [0.5, 0.6) is 0 Å². The normalized spacial score (nSPS) is 24.4. The van der Waals surface area contributed by atoms with Crippen molar-refractivity contribution in [2.24, 2.45) is 0 Å². The summed E-state index contributed by atoms with van der Waals surface area (Å²) < 4.78 is 5.79. The number of ether oxygens (including phenoxy) is 1. The van der Waals surface area contributed by atoms with Crippen molar-refractivity contribution < 1.29 is 4.74 Å². The predicted molar refractivity (Wildman–Crippen MR) is 69.7 cm³/mol. The summed E-state index contributed by atoms with van der Waals surface area (Å²) in [5.41, 5.74) is 0. The van der Waals surface area contributed by atoms with Gasteiger partial charge in [0, 0.05) is 33.6 Å². The van der Waals surface area contributed by atoms with Gasteiger partial charge >= 0.3 is 0 Å². The summed E-state index contributed by atoms with van der Waals surface area (Å²) in [5.74, 6) is 0.737. The molecule has 0 aromatic carbocycles. The quantitative estimate of drug-likeness (QED) is 0.549. The number of alkyl halides is 1. The second kappa shape index (κ2) is 6.23. The minimum Gasteiger partial charge on any atom is -0.376 e. The standard InChI is InChI=1S/C11H24ClNOSi/c1-15(2,3)9-4-11-10-13(6-5-12)7-8-14-11/h11H,4-10H2,1-3H3. The molecule has 1 aliphatic rings. The summed E-state index contributed by atoms with van der Waals surface area (Å²) in [4.78, 5) is 2.42. The van der Waals surface area contributed by atoms with Crippen molar-refractivity contribution in [2.45, 2.75) is 38.2 Å². The Morgan fingerprint density at radius 1 is 1.40 bits per heavy atom. The second-order valence-electron chi connectivity index (χ2n) is 5.58. The third-order valence-corrected chi connectivity index (χ3v) is 4.80. The topological polar surface area (TPSA) is 12.5 Å². The zero-order valence-corrected chi connectivity index (χ0v) is 12.0. The maximum Gasteiger partial charge on any atom is 0.0700 e. The van der Waals surface area contributed by atoms with E-state index in [1.807, 2.05) is 0 Å². The molecule has 0 saturated carbocycles. The van der Waals surface area contributed by atoms with Gasteiger partial charge in [-0.1, -0.05) is 25.7 Å². The Morgan fingerprint density at radius 2 is 2.13 bits per heavy atom. The molecule has 1 aliphatic heterocycles. The minimum absolute atomic E-state index is 0.452. The molecule has 1 fully saturated rings. The van der Waals surface area contributed by atoms with Gasteiger partial charge < -0.3 is 4.74 Å². The Labute approximate surface area is 99.9 Å². The molecule has 0 spiro atoms. The molecular weight excluding hydrogens is 226 g/mol. The van der Waals surface area contributed by atoms with Crippen LogP contribution in [0.3, 0.4) is 0 Å². The number of hydrogen-bond acceptors (Lipinski definition) is 2. The van der Waals surface area contributed by atoms with Gasteiger partial charge in [0.1, 0.15) is 0 Å². The highest BCUT2D eigenvalue weighted by atomic mass is 35.5. The molecule has 0 N–H and O–H groups in total. The summed E-state index contributed by atoms with van der Waals surface area (Å²) in [6, 6.07) is 1.37. The van der Waals surface area contributed by atoms with Gasteiger partial charge in [0.25, 0.3) is 0 Å². The summed E-state index contributed by atoms with van der Waals surface area (Å²) in [5, 5.41) is 0. The molecule has 15 heavy (non-hydrogen) atoms. The maximum atomic E-state index is 5.79. The number of morpholine rings is 1. The first-order valence-electron chi connectivity index (χ1n) is 5.91. The largest absolute Gasteiger partial charge is 0.376 e. The molecule has 1 saturated heterocycles. The zero-order valence-electron chi connectivity index (χ0n) is 10.3. The molecular formula is C11H24ClNOSi. The van der Waals surface area contributed by atoms with Crippen LogP contribution in [-0.4, -0.2) is 51.2 Å². The molecule has 0 aromatic rings. The van der Waals surface area contributed by atoms with E-state index in [1.165, 1.54) is 12.5 Å². The monoisotopic (exact) mass is 249 g/mol. The van der Waals surface area contributed by atoms with E-state index in [0.717, 1.165) is 32.1 Å². The summed E-state index contributed by atoms with van der Waals surface area (Å²) in [6.07, 6.45) is 1.68. The lowest BCUT2D eigenvalue weighted by molar-refractivity contribution is -0.0276. The summed E-state index contributed by atoms with van der Waals surface area (Å²) in [7, 11) is -0.906. The molecule has 2 nitrogen and oxygen atoms in total.